The summed E-state index contributed by atoms with van der Waals surface area (Å²) < 4.78 is 19.6. The van der Waals surface area contributed by atoms with E-state index in [4.69, 9.17) is 4.74 Å². The van der Waals surface area contributed by atoms with Gasteiger partial charge in [-0.2, -0.15) is 0 Å². The number of anilines is 1. The lowest BCUT2D eigenvalue weighted by atomic mass is 9.83. The molecule has 1 aromatic carbocycles. The van der Waals surface area contributed by atoms with E-state index >= 15 is 0 Å². The smallest absolute Gasteiger partial charge is 0.125 e. The molecule has 0 bridgehead atoms. The van der Waals surface area contributed by atoms with Crippen LogP contribution >= 0.6 is 0 Å². The van der Waals surface area contributed by atoms with Gasteiger partial charge in [-0.3, -0.25) is 4.98 Å². The zero-order valence-corrected chi connectivity index (χ0v) is 13.1. The summed E-state index contributed by atoms with van der Waals surface area (Å²) in [6.45, 7) is 2.62. The zero-order chi connectivity index (χ0) is 15.7. The van der Waals surface area contributed by atoms with Crippen LogP contribution < -0.4 is 4.90 Å². The van der Waals surface area contributed by atoms with Crippen LogP contribution in [0.2, 0.25) is 0 Å². The first-order chi connectivity index (χ1) is 11.2. The van der Waals surface area contributed by atoms with Crippen LogP contribution in [0.1, 0.15) is 30.7 Å². The fourth-order valence-corrected chi connectivity index (χ4v) is 3.87. The van der Waals surface area contributed by atoms with Crippen LogP contribution in [0, 0.1) is 5.82 Å². The van der Waals surface area contributed by atoms with Gasteiger partial charge in [-0.1, -0.05) is 12.1 Å². The number of hydrogen-bond acceptors (Lipinski definition) is 3. The van der Waals surface area contributed by atoms with Crippen molar-refractivity contribution in [2.75, 3.05) is 24.6 Å². The van der Waals surface area contributed by atoms with Crippen molar-refractivity contribution < 1.29 is 9.13 Å². The van der Waals surface area contributed by atoms with Crippen molar-refractivity contribution in [3.8, 4) is 0 Å². The molecule has 23 heavy (non-hydrogen) atoms. The van der Waals surface area contributed by atoms with Crippen LogP contribution in [0.3, 0.4) is 0 Å². The van der Waals surface area contributed by atoms with Crippen molar-refractivity contribution in [3.05, 3.63) is 60.2 Å². The van der Waals surface area contributed by atoms with Crippen molar-refractivity contribution in [3.63, 3.8) is 0 Å². The van der Waals surface area contributed by atoms with Crippen LogP contribution in [-0.4, -0.2) is 30.3 Å². The molecule has 4 heteroatoms. The molecule has 0 N–H and O–H groups in total. The lowest BCUT2D eigenvalue weighted by Crippen LogP contribution is -2.44. The van der Waals surface area contributed by atoms with E-state index in [1.165, 1.54) is 11.6 Å². The monoisotopic (exact) mass is 312 g/mol. The van der Waals surface area contributed by atoms with Gasteiger partial charge >= 0.3 is 0 Å². The van der Waals surface area contributed by atoms with Gasteiger partial charge in [0.2, 0.25) is 0 Å². The molecule has 0 amide bonds. The molecule has 1 spiro atoms. The van der Waals surface area contributed by atoms with Gasteiger partial charge in [0.1, 0.15) is 5.82 Å². The molecule has 0 unspecified atom stereocenters. The summed E-state index contributed by atoms with van der Waals surface area (Å²) in [5, 5.41) is 0. The van der Waals surface area contributed by atoms with Crippen LogP contribution in [0.4, 0.5) is 10.1 Å². The number of rotatable bonds is 2. The van der Waals surface area contributed by atoms with Crippen molar-refractivity contribution >= 4 is 5.69 Å². The predicted octanol–water partition coefficient (Wildman–Crippen LogP) is 3.76. The van der Waals surface area contributed by atoms with E-state index < -0.39 is 0 Å². The molecule has 120 valence electrons. The summed E-state index contributed by atoms with van der Waals surface area (Å²) in [6.07, 6.45) is 6.83. The van der Waals surface area contributed by atoms with Crippen LogP contribution in [0.5, 0.6) is 0 Å². The highest BCUT2D eigenvalue weighted by Crippen LogP contribution is 2.43. The third-order valence-corrected chi connectivity index (χ3v) is 5.21. The van der Waals surface area contributed by atoms with E-state index in [0.717, 1.165) is 44.6 Å². The van der Waals surface area contributed by atoms with Gasteiger partial charge in [0.05, 0.1) is 12.2 Å². The summed E-state index contributed by atoms with van der Waals surface area (Å²) in [5.74, 6) is 0.279. The van der Waals surface area contributed by atoms with Gasteiger partial charge in [0.25, 0.3) is 0 Å². The average molecular weight is 312 g/mol. The number of aromatic nitrogens is 1. The second-order valence-electron chi connectivity index (χ2n) is 6.65. The molecule has 2 fully saturated rings. The number of hydrogen-bond donors (Lipinski definition) is 0. The molecular weight excluding hydrogens is 291 g/mol. The Kier molecular flexibility index (Phi) is 3.77. The second kappa shape index (κ2) is 5.93. The van der Waals surface area contributed by atoms with Gasteiger partial charge in [-0.25, -0.2) is 4.39 Å². The van der Waals surface area contributed by atoms with E-state index in [1.54, 1.807) is 12.1 Å². The molecule has 3 nitrogen and oxygen atoms in total. The number of nitrogens with zero attached hydrogens (tertiary/aromatic N) is 2. The Hall–Kier alpha value is -1.94. The molecule has 0 radical (unpaired) electrons. The van der Waals surface area contributed by atoms with Gasteiger partial charge in [-0.15, -0.1) is 0 Å². The Bertz CT molecular complexity index is 668. The van der Waals surface area contributed by atoms with Gasteiger partial charge < -0.3 is 9.64 Å². The maximum atomic E-state index is 13.4. The Morgan fingerprint density at radius 3 is 2.78 bits per heavy atom. The maximum Gasteiger partial charge on any atom is 0.125 e. The van der Waals surface area contributed by atoms with E-state index in [1.807, 2.05) is 24.5 Å². The Morgan fingerprint density at radius 2 is 2.04 bits per heavy atom. The van der Waals surface area contributed by atoms with Crippen LogP contribution in [0.25, 0.3) is 0 Å². The molecule has 1 atom stereocenters. The number of piperidine rings is 1. The summed E-state index contributed by atoms with van der Waals surface area (Å²) >= 11 is 0. The lowest BCUT2D eigenvalue weighted by Gasteiger charge is -2.39. The minimum atomic E-state index is -0.170. The van der Waals surface area contributed by atoms with Crippen LogP contribution in [-0.2, 0) is 4.74 Å². The molecular formula is C19H21FN2O. The summed E-state index contributed by atoms with van der Waals surface area (Å²) in [5.41, 5.74) is 2.24. The molecule has 0 aliphatic carbocycles. The summed E-state index contributed by atoms with van der Waals surface area (Å²) in [4.78, 5) is 6.48. The minimum Gasteiger partial charge on any atom is -0.374 e. The molecule has 2 saturated heterocycles. The lowest BCUT2D eigenvalue weighted by molar-refractivity contribution is -0.0148. The highest BCUT2D eigenvalue weighted by atomic mass is 19.1. The second-order valence-corrected chi connectivity index (χ2v) is 6.65. The van der Waals surface area contributed by atoms with E-state index in [2.05, 4.69) is 16.0 Å². The van der Waals surface area contributed by atoms with Crippen molar-refractivity contribution in [1.82, 2.24) is 4.98 Å². The number of halogens is 1. The Labute approximate surface area is 136 Å². The minimum absolute atomic E-state index is 0.00959. The topological polar surface area (TPSA) is 25.4 Å². The van der Waals surface area contributed by atoms with E-state index in [-0.39, 0.29) is 11.4 Å². The fourth-order valence-electron chi connectivity index (χ4n) is 3.87. The van der Waals surface area contributed by atoms with E-state index in [0.29, 0.717) is 5.92 Å². The number of benzene rings is 1. The van der Waals surface area contributed by atoms with Gasteiger partial charge in [0.15, 0.2) is 0 Å². The molecule has 2 aromatic rings. The van der Waals surface area contributed by atoms with Gasteiger partial charge in [-0.05, 0) is 49.1 Å². The third-order valence-electron chi connectivity index (χ3n) is 5.21. The number of ether oxygens (including phenoxy) is 1. The molecule has 1 aromatic heterocycles. The first kappa shape index (κ1) is 14.6. The number of pyridine rings is 1. The van der Waals surface area contributed by atoms with E-state index in [9.17, 15) is 4.39 Å². The molecule has 0 saturated carbocycles. The maximum absolute atomic E-state index is 13.4. The quantitative estimate of drug-likeness (QED) is 0.844. The van der Waals surface area contributed by atoms with Crippen molar-refractivity contribution in [1.29, 1.82) is 0 Å². The summed E-state index contributed by atoms with van der Waals surface area (Å²) in [7, 11) is 0. The molecule has 2 aliphatic heterocycles. The van der Waals surface area contributed by atoms with Gasteiger partial charge in [0, 0.05) is 37.1 Å². The Morgan fingerprint density at radius 1 is 1.17 bits per heavy atom. The normalized spacial score (nSPS) is 23.3. The standard InChI is InChI=1S/C19H21FN2O/c20-17-4-1-5-18(11-17)22-9-6-19(7-10-22)12-16(14-23-19)15-3-2-8-21-13-15/h1-5,8,11,13,16H,6-7,9-10,12,14H2/t16-/m1/s1. The average Bonchev–Trinajstić information content (AvgIpc) is 3.00. The molecule has 4 rings (SSSR count). The SMILES string of the molecule is Fc1cccc(N2CCC3(CC2)C[C@@H](c2cccnc2)CO3)c1. The highest BCUT2D eigenvalue weighted by molar-refractivity contribution is 5.47. The predicted molar refractivity (Wildman–Crippen MR) is 88.1 cm³/mol. The summed E-state index contributed by atoms with van der Waals surface area (Å²) in [6, 6.07) is 11.0. The molecule has 2 aliphatic rings. The fraction of sp³-hybridized carbons (Fsp3) is 0.421. The first-order valence-corrected chi connectivity index (χ1v) is 8.29. The van der Waals surface area contributed by atoms with Crippen molar-refractivity contribution in [2.45, 2.75) is 30.8 Å². The van der Waals surface area contributed by atoms with Crippen LogP contribution in [0.15, 0.2) is 48.8 Å². The highest BCUT2D eigenvalue weighted by Gasteiger charge is 2.43. The Balaban J connectivity index is 1.42. The third kappa shape index (κ3) is 2.95. The van der Waals surface area contributed by atoms with Crippen molar-refractivity contribution in [2.24, 2.45) is 0 Å². The molecule has 3 heterocycles. The largest absolute Gasteiger partial charge is 0.374 e. The zero-order valence-electron chi connectivity index (χ0n) is 13.1. The first-order valence-electron chi connectivity index (χ1n) is 8.29.